The van der Waals surface area contributed by atoms with E-state index >= 15 is 0 Å². The molecule has 0 aliphatic carbocycles. The number of hydrogen-bond acceptors (Lipinski definition) is 5. The van der Waals surface area contributed by atoms with Crippen molar-refractivity contribution in [3.63, 3.8) is 0 Å². The second-order valence-electron chi connectivity index (χ2n) is 3.16. The van der Waals surface area contributed by atoms with Crippen molar-refractivity contribution >= 4 is 11.6 Å². The van der Waals surface area contributed by atoms with Gasteiger partial charge in [-0.15, -0.1) is 0 Å². The van der Waals surface area contributed by atoms with Crippen molar-refractivity contribution in [3.05, 3.63) is 24.0 Å². The van der Waals surface area contributed by atoms with Gasteiger partial charge in [0.05, 0.1) is 12.1 Å². The first kappa shape index (κ1) is 12.5. The molecule has 0 aromatic carbocycles. The van der Waals surface area contributed by atoms with Crippen molar-refractivity contribution in [1.29, 1.82) is 10.5 Å². The molecule has 0 unspecified atom stereocenters. The molecule has 1 aromatic rings. The van der Waals surface area contributed by atoms with E-state index in [-0.39, 0.29) is 18.8 Å². The highest BCUT2D eigenvalue weighted by molar-refractivity contribution is 5.93. The van der Waals surface area contributed by atoms with E-state index in [1.165, 1.54) is 6.20 Å². The molecule has 1 heterocycles. The summed E-state index contributed by atoms with van der Waals surface area (Å²) in [4.78, 5) is 17.0. The largest absolute Gasteiger partial charge is 0.388 e. The standard InChI is InChI=1S/C11H11N5O/c1-14-9-2-5-15-10(8-9)11(17)16(6-3-12)7-4-13/h2,5,8H,6-7H2,1H3,(H,14,15). The highest BCUT2D eigenvalue weighted by atomic mass is 16.2. The summed E-state index contributed by atoms with van der Waals surface area (Å²) in [7, 11) is 1.73. The molecule has 0 atom stereocenters. The molecule has 0 fully saturated rings. The number of aromatic nitrogens is 1. The van der Waals surface area contributed by atoms with Gasteiger partial charge < -0.3 is 10.2 Å². The maximum atomic E-state index is 11.9. The summed E-state index contributed by atoms with van der Waals surface area (Å²) >= 11 is 0. The van der Waals surface area contributed by atoms with Crippen molar-refractivity contribution in [2.45, 2.75) is 0 Å². The van der Waals surface area contributed by atoms with E-state index in [0.29, 0.717) is 0 Å². The molecule has 1 N–H and O–H groups in total. The Morgan fingerprint density at radius 1 is 1.47 bits per heavy atom. The van der Waals surface area contributed by atoms with Gasteiger partial charge in [-0.2, -0.15) is 10.5 Å². The minimum atomic E-state index is -0.426. The predicted octanol–water partition coefficient (Wildman–Crippen LogP) is 0.613. The van der Waals surface area contributed by atoms with Crippen molar-refractivity contribution in [2.24, 2.45) is 0 Å². The number of nitriles is 2. The molecule has 1 aromatic heterocycles. The van der Waals surface area contributed by atoms with Crippen LogP contribution in [0.4, 0.5) is 5.69 Å². The Kier molecular flexibility index (Phi) is 4.46. The molecule has 0 aliphatic rings. The number of rotatable bonds is 4. The summed E-state index contributed by atoms with van der Waals surface area (Å²) in [5.74, 6) is -0.426. The number of anilines is 1. The number of hydrogen-bond donors (Lipinski definition) is 1. The summed E-state index contributed by atoms with van der Waals surface area (Å²) in [6.07, 6.45) is 1.50. The van der Waals surface area contributed by atoms with Gasteiger partial charge in [0.2, 0.25) is 0 Å². The van der Waals surface area contributed by atoms with Crippen molar-refractivity contribution < 1.29 is 4.79 Å². The van der Waals surface area contributed by atoms with E-state index in [4.69, 9.17) is 10.5 Å². The summed E-state index contributed by atoms with van der Waals surface area (Å²) in [6.45, 7) is -0.254. The minimum absolute atomic E-state index is 0.127. The van der Waals surface area contributed by atoms with E-state index in [9.17, 15) is 4.79 Å². The highest BCUT2D eigenvalue weighted by Gasteiger charge is 2.16. The van der Waals surface area contributed by atoms with E-state index in [1.807, 2.05) is 12.1 Å². The molecule has 0 aliphatic heterocycles. The van der Waals surface area contributed by atoms with Gasteiger partial charge >= 0.3 is 0 Å². The van der Waals surface area contributed by atoms with Crippen LogP contribution in [0.5, 0.6) is 0 Å². The average molecular weight is 229 g/mol. The molecule has 0 saturated carbocycles. The van der Waals surface area contributed by atoms with Crippen molar-refractivity contribution in [2.75, 3.05) is 25.5 Å². The molecule has 1 amide bonds. The first-order chi connectivity index (χ1) is 8.22. The van der Waals surface area contributed by atoms with Gasteiger partial charge in [-0.3, -0.25) is 9.78 Å². The monoisotopic (exact) mass is 229 g/mol. The average Bonchev–Trinajstić information content (AvgIpc) is 2.38. The van der Waals surface area contributed by atoms with Crippen molar-refractivity contribution in [3.8, 4) is 12.1 Å². The van der Waals surface area contributed by atoms with Gasteiger partial charge in [-0.05, 0) is 12.1 Å². The summed E-state index contributed by atoms with van der Waals surface area (Å²) in [6, 6.07) is 6.98. The lowest BCUT2D eigenvalue weighted by Gasteiger charge is -2.15. The molecule has 0 saturated heterocycles. The quantitative estimate of drug-likeness (QED) is 0.763. The third kappa shape index (κ3) is 3.18. The zero-order valence-corrected chi connectivity index (χ0v) is 9.34. The number of nitrogens with zero attached hydrogens (tertiary/aromatic N) is 4. The van der Waals surface area contributed by atoms with E-state index in [0.717, 1.165) is 10.6 Å². The molecule has 0 bridgehead atoms. The van der Waals surface area contributed by atoms with Crippen molar-refractivity contribution in [1.82, 2.24) is 9.88 Å². The molecule has 6 heteroatoms. The fraction of sp³-hybridized carbons (Fsp3) is 0.273. The van der Waals surface area contributed by atoms with Crippen LogP contribution in [0.15, 0.2) is 18.3 Å². The molecule has 0 spiro atoms. The zero-order chi connectivity index (χ0) is 12.7. The molecule has 17 heavy (non-hydrogen) atoms. The Hall–Kier alpha value is -2.60. The van der Waals surface area contributed by atoms with Crippen LogP contribution in [0, 0.1) is 22.7 Å². The lowest BCUT2D eigenvalue weighted by molar-refractivity contribution is 0.0789. The fourth-order valence-corrected chi connectivity index (χ4v) is 1.24. The zero-order valence-electron chi connectivity index (χ0n) is 9.34. The lowest BCUT2D eigenvalue weighted by Crippen LogP contribution is -2.32. The Balaban J connectivity index is 2.93. The number of carbonyl (C=O) groups is 1. The van der Waals surface area contributed by atoms with Gasteiger partial charge in [0.1, 0.15) is 18.8 Å². The van der Waals surface area contributed by atoms with E-state index in [1.54, 1.807) is 19.2 Å². The lowest BCUT2D eigenvalue weighted by atomic mass is 10.3. The fourth-order valence-electron chi connectivity index (χ4n) is 1.24. The second kappa shape index (κ2) is 6.09. The number of nitrogens with one attached hydrogen (secondary N) is 1. The van der Waals surface area contributed by atoms with Crippen LogP contribution in [0.25, 0.3) is 0 Å². The number of carbonyl (C=O) groups excluding carboxylic acids is 1. The topological polar surface area (TPSA) is 92.8 Å². The van der Waals surface area contributed by atoms with Crippen LogP contribution < -0.4 is 5.32 Å². The summed E-state index contributed by atoms with van der Waals surface area (Å²) in [5.41, 5.74) is 0.958. The van der Waals surface area contributed by atoms with Gasteiger partial charge in [-0.1, -0.05) is 0 Å². The maximum Gasteiger partial charge on any atom is 0.274 e. The Labute approximate surface area is 99.1 Å². The van der Waals surface area contributed by atoms with Crippen LogP contribution in [0.1, 0.15) is 10.5 Å². The van der Waals surface area contributed by atoms with E-state index in [2.05, 4.69) is 10.3 Å². The Bertz CT molecular complexity index is 469. The molecular weight excluding hydrogens is 218 g/mol. The van der Waals surface area contributed by atoms with Crippen LogP contribution in [-0.2, 0) is 0 Å². The number of amides is 1. The molecule has 86 valence electrons. The Morgan fingerprint density at radius 3 is 2.65 bits per heavy atom. The normalized spacial score (nSPS) is 8.88. The van der Waals surface area contributed by atoms with Gasteiger partial charge in [0.15, 0.2) is 0 Å². The molecule has 0 radical (unpaired) electrons. The first-order valence-electron chi connectivity index (χ1n) is 4.90. The second-order valence-corrected chi connectivity index (χ2v) is 3.16. The molecule has 1 rings (SSSR count). The third-order valence-corrected chi connectivity index (χ3v) is 2.08. The SMILES string of the molecule is CNc1ccnc(C(=O)N(CC#N)CC#N)c1. The molecule has 6 nitrogen and oxygen atoms in total. The molecular formula is C11H11N5O. The Morgan fingerprint density at radius 2 is 2.12 bits per heavy atom. The highest BCUT2D eigenvalue weighted by Crippen LogP contribution is 2.09. The van der Waals surface area contributed by atoms with Crippen LogP contribution in [0.2, 0.25) is 0 Å². The van der Waals surface area contributed by atoms with Gasteiger partial charge in [-0.25, -0.2) is 0 Å². The smallest absolute Gasteiger partial charge is 0.274 e. The first-order valence-corrected chi connectivity index (χ1v) is 4.90. The van der Waals surface area contributed by atoms with Crippen LogP contribution >= 0.6 is 0 Å². The third-order valence-electron chi connectivity index (χ3n) is 2.08. The van der Waals surface area contributed by atoms with Gasteiger partial charge in [0.25, 0.3) is 5.91 Å². The van der Waals surface area contributed by atoms with Crippen LogP contribution in [-0.4, -0.2) is 35.9 Å². The minimum Gasteiger partial charge on any atom is -0.388 e. The predicted molar refractivity (Wildman–Crippen MR) is 60.9 cm³/mol. The number of pyridine rings is 1. The maximum absolute atomic E-state index is 11.9. The van der Waals surface area contributed by atoms with Gasteiger partial charge in [0, 0.05) is 18.9 Å². The van der Waals surface area contributed by atoms with E-state index < -0.39 is 5.91 Å². The summed E-state index contributed by atoms with van der Waals surface area (Å²) < 4.78 is 0. The van der Waals surface area contributed by atoms with Crippen LogP contribution in [0.3, 0.4) is 0 Å². The summed E-state index contributed by atoms with van der Waals surface area (Å²) in [5, 5.41) is 20.0.